The van der Waals surface area contributed by atoms with E-state index in [1.807, 2.05) is 27.7 Å². The van der Waals surface area contributed by atoms with Crippen LogP contribution in [0.5, 0.6) is 0 Å². The highest BCUT2D eigenvalue weighted by Crippen LogP contribution is 2.45. The Bertz CT molecular complexity index is 863. The van der Waals surface area contributed by atoms with Gasteiger partial charge in [0.15, 0.2) is 28.9 Å². The molecule has 8 heteroatoms. The molecule has 224 valence electrons. The van der Waals surface area contributed by atoms with E-state index in [4.69, 9.17) is 0 Å². The summed E-state index contributed by atoms with van der Waals surface area (Å²) in [4.78, 5) is 64.0. The Morgan fingerprint density at radius 2 is 0.974 bits per heavy atom. The summed E-state index contributed by atoms with van der Waals surface area (Å²) in [7, 11) is 1.78. The predicted octanol–water partition coefficient (Wildman–Crippen LogP) is 4.81. The van der Waals surface area contributed by atoms with Crippen molar-refractivity contribution < 1.29 is 29.2 Å². The monoisotopic (exact) mass is 550 g/mol. The number of hydrogen-bond donors (Lipinski definition) is 1. The molecule has 8 nitrogen and oxygen atoms in total. The summed E-state index contributed by atoms with van der Waals surface area (Å²) in [6.07, 6.45) is 0. The quantitative estimate of drug-likeness (QED) is 0.285. The van der Waals surface area contributed by atoms with Gasteiger partial charge in [0.2, 0.25) is 0 Å². The maximum absolute atomic E-state index is 12.5. The average Bonchev–Trinajstić information content (AvgIpc) is 2.75. The van der Waals surface area contributed by atoms with Gasteiger partial charge in [0, 0.05) is 18.5 Å². The van der Waals surface area contributed by atoms with E-state index >= 15 is 0 Å². The van der Waals surface area contributed by atoms with E-state index < -0.39 is 33.7 Å². The van der Waals surface area contributed by atoms with Crippen molar-refractivity contribution >= 4 is 28.9 Å². The van der Waals surface area contributed by atoms with Crippen molar-refractivity contribution in [3.8, 4) is 0 Å². The summed E-state index contributed by atoms with van der Waals surface area (Å²) in [6.45, 7) is 26.2. The third-order valence-corrected chi connectivity index (χ3v) is 7.94. The van der Waals surface area contributed by atoms with E-state index in [0.29, 0.717) is 24.6 Å². The van der Waals surface area contributed by atoms with E-state index in [1.54, 1.807) is 67.3 Å². The molecule has 1 unspecified atom stereocenters. The van der Waals surface area contributed by atoms with Gasteiger partial charge in [0.1, 0.15) is 12.1 Å². The van der Waals surface area contributed by atoms with Crippen LogP contribution in [0.15, 0.2) is 12.2 Å². The molecule has 0 radical (unpaired) electrons. The summed E-state index contributed by atoms with van der Waals surface area (Å²) in [5.41, 5.74) is -3.60. The van der Waals surface area contributed by atoms with Crippen molar-refractivity contribution in [3.05, 3.63) is 12.2 Å². The van der Waals surface area contributed by atoms with Crippen molar-refractivity contribution in [2.24, 2.45) is 33.5 Å². The molecule has 2 fully saturated rings. The highest BCUT2D eigenvalue weighted by molar-refractivity contribution is 6.30. The molecule has 0 aromatic heterocycles. The fraction of sp³-hybridized carbons (Fsp3) is 0.774. The van der Waals surface area contributed by atoms with Crippen LogP contribution in [0.2, 0.25) is 0 Å². The van der Waals surface area contributed by atoms with Gasteiger partial charge in [0.25, 0.3) is 0 Å². The summed E-state index contributed by atoms with van der Waals surface area (Å²) in [6, 6.07) is -1.60. The Labute approximate surface area is 236 Å². The lowest BCUT2D eigenvalue weighted by atomic mass is 9.59. The highest BCUT2D eigenvalue weighted by atomic mass is 16.5. The molecule has 0 aliphatic heterocycles. The molecule has 0 aromatic carbocycles. The molecule has 2 aliphatic carbocycles. The molecule has 39 heavy (non-hydrogen) atoms. The number of ketones is 5. The lowest BCUT2D eigenvalue weighted by Crippen LogP contribution is -2.64. The minimum Gasteiger partial charge on any atom is -0.313 e. The molecule has 0 heterocycles. The first-order valence-electron chi connectivity index (χ1n) is 13.5. The van der Waals surface area contributed by atoms with Crippen LogP contribution in [0.25, 0.3) is 0 Å². The van der Waals surface area contributed by atoms with Crippen LogP contribution in [0.4, 0.5) is 0 Å². The Morgan fingerprint density at radius 1 is 0.667 bits per heavy atom. The van der Waals surface area contributed by atoms with Gasteiger partial charge in [-0.25, -0.2) is 0 Å². The Balaban J connectivity index is 0.000000722. The lowest BCUT2D eigenvalue weighted by Gasteiger charge is -2.45. The van der Waals surface area contributed by atoms with Gasteiger partial charge in [0.05, 0.1) is 16.2 Å². The summed E-state index contributed by atoms with van der Waals surface area (Å²) in [5.74, 6) is -0.655. The zero-order valence-electron chi connectivity index (χ0n) is 25.8. The van der Waals surface area contributed by atoms with Gasteiger partial charge in [-0.3, -0.25) is 28.9 Å². The summed E-state index contributed by atoms with van der Waals surface area (Å²) < 4.78 is 0. The minimum absolute atomic E-state index is 0. The number of hydrogen-bond acceptors (Lipinski definition) is 8. The maximum Gasteiger partial charge on any atom is 0.170 e. The second-order valence-corrected chi connectivity index (χ2v) is 13.9. The van der Waals surface area contributed by atoms with Crippen LogP contribution in [-0.4, -0.2) is 76.3 Å². The molecule has 0 spiro atoms. The van der Waals surface area contributed by atoms with Crippen molar-refractivity contribution in [1.82, 2.24) is 9.96 Å². The molecule has 1 N–H and O–H groups in total. The number of rotatable bonds is 6. The van der Waals surface area contributed by atoms with Gasteiger partial charge < -0.3 is 5.21 Å². The van der Waals surface area contributed by atoms with Gasteiger partial charge in [-0.15, -0.1) is 0 Å². The number of nitrogens with zero attached hydrogens (tertiary/aromatic N) is 2. The third-order valence-electron chi connectivity index (χ3n) is 7.94. The van der Waals surface area contributed by atoms with Gasteiger partial charge in [-0.1, -0.05) is 41.7 Å². The van der Waals surface area contributed by atoms with Crippen molar-refractivity contribution in [3.63, 3.8) is 0 Å². The van der Waals surface area contributed by atoms with E-state index in [-0.39, 0.29) is 42.3 Å². The Morgan fingerprint density at radius 3 is 1.31 bits per heavy atom. The molecule has 0 aromatic rings. The first kappa shape index (κ1) is 37.0. The molecule has 0 saturated heterocycles. The zero-order chi connectivity index (χ0) is 30.3. The van der Waals surface area contributed by atoms with Gasteiger partial charge in [-0.2, -0.15) is 5.06 Å². The fourth-order valence-corrected chi connectivity index (χ4v) is 5.56. The predicted molar refractivity (Wildman–Crippen MR) is 154 cm³/mol. The van der Waals surface area contributed by atoms with Gasteiger partial charge >= 0.3 is 0 Å². The molecular weight excluding hydrogens is 496 g/mol. The average molecular weight is 551 g/mol. The standard InChI is InChI=1S/2C15H25NO3.CH4/c1-9(2)8-16(7)10-11(17)14(3,4)13(19)15(5,6)12(10)18;1-9(2)8-16(19)11-10(3)14(4,5)13(18)15(6,7)12(11)17;/h9-10H,8H2,1-7H3;9,11,19H,3,8H2,1-2,4-7H3;1H4. The van der Waals surface area contributed by atoms with Crippen LogP contribution >= 0.6 is 0 Å². The molecule has 1 atom stereocenters. The zero-order valence-corrected chi connectivity index (χ0v) is 25.8. The second kappa shape index (κ2) is 12.2. The molecule has 2 aliphatic rings. The smallest absolute Gasteiger partial charge is 0.170 e. The normalized spacial score (nSPS) is 24.3. The van der Waals surface area contributed by atoms with Gasteiger partial charge in [-0.05, 0) is 79.8 Å². The molecule has 0 bridgehead atoms. The van der Waals surface area contributed by atoms with Crippen LogP contribution in [-0.2, 0) is 24.0 Å². The number of carbonyl (C=O) groups excluding carboxylic acids is 5. The first-order valence-corrected chi connectivity index (χ1v) is 13.5. The fourth-order valence-electron chi connectivity index (χ4n) is 5.56. The number of hydroxylamine groups is 2. The maximum atomic E-state index is 12.5. The van der Waals surface area contributed by atoms with Crippen LogP contribution in [0, 0.1) is 33.5 Å². The topological polar surface area (TPSA) is 112 Å². The molecular formula is C31H54N2O6. The van der Waals surface area contributed by atoms with E-state index in [0.717, 1.165) is 5.06 Å². The molecule has 2 saturated carbocycles. The number of Topliss-reactive ketones (excluding diaryl/α,β-unsaturated/α-hetero) is 5. The number of likely N-dealkylation sites (N-methyl/N-ethyl adjacent to an activating group) is 1. The van der Waals surface area contributed by atoms with Crippen LogP contribution in [0.3, 0.4) is 0 Å². The lowest BCUT2D eigenvalue weighted by molar-refractivity contribution is -0.169. The SMILES string of the molecule is C.C=C1C(N(O)CC(C)C)C(=O)C(C)(C)C(=O)C1(C)C.CC(C)CN(C)C1C(=O)C(C)(C)C(=O)C(C)(C)C1=O. The largest absolute Gasteiger partial charge is 0.313 e. The van der Waals surface area contributed by atoms with Crippen LogP contribution in [0.1, 0.15) is 90.5 Å². The first-order chi connectivity index (χ1) is 16.9. The van der Waals surface area contributed by atoms with E-state index in [2.05, 4.69) is 6.58 Å². The third kappa shape index (κ3) is 6.83. The minimum atomic E-state index is -1.09. The number of carbonyl (C=O) groups is 5. The van der Waals surface area contributed by atoms with E-state index in [1.165, 1.54) is 0 Å². The van der Waals surface area contributed by atoms with Crippen molar-refractivity contribution in [1.29, 1.82) is 0 Å². The Hall–Kier alpha value is -2.03. The molecule has 2 rings (SSSR count). The van der Waals surface area contributed by atoms with Crippen LogP contribution < -0.4 is 0 Å². The Kier molecular flexibility index (Phi) is 11.6. The highest BCUT2D eigenvalue weighted by Gasteiger charge is 2.59. The van der Waals surface area contributed by atoms with Crippen molar-refractivity contribution in [2.45, 2.75) is 103 Å². The second-order valence-electron chi connectivity index (χ2n) is 13.9. The van der Waals surface area contributed by atoms with Crippen molar-refractivity contribution in [2.75, 3.05) is 20.1 Å². The summed E-state index contributed by atoms with van der Waals surface area (Å²) in [5, 5.41) is 11.2. The molecule has 0 amide bonds. The van der Waals surface area contributed by atoms with E-state index in [9.17, 15) is 29.2 Å². The summed E-state index contributed by atoms with van der Waals surface area (Å²) >= 11 is 0.